The van der Waals surface area contributed by atoms with Gasteiger partial charge in [-0.1, -0.05) is 30.3 Å². The van der Waals surface area contributed by atoms with Gasteiger partial charge in [-0.3, -0.25) is 4.79 Å². The molecule has 5 nitrogen and oxygen atoms in total. The molecule has 25 heavy (non-hydrogen) atoms. The lowest BCUT2D eigenvalue weighted by molar-refractivity contribution is 0.0480. The molecule has 1 amide bonds. The van der Waals surface area contributed by atoms with E-state index in [1.807, 2.05) is 28.5 Å². The van der Waals surface area contributed by atoms with E-state index in [9.17, 15) is 4.79 Å². The Bertz CT molecular complexity index is 733. The summed E-state index contributed by atoms with van der Waals surface area (Å²) in [5.74, 6) is 0.426. The number of thiazole rings is 1. The van der Waals surface area contributed by atoms with E-state index in [0.717, 1.165) is 37.7 Å². The molecule has 2 aliphatic heterocycles. The highest BCUT2D eigenvalue weighted by atomic mass is 32.1. The van der Waals surface area contributed by atoms with Gasteiger partial charge >= 0.3 is 0 Å². The van der Waals surface area contributed by atoms with Crippen LogP contribution >= 0.6 is 11.3 Å². The van der Waals surface area contributed by atoms with E-state index in [4.69, 9.17) is 4.74 Å². The molecule has 0 aliphatic carbocycles. The third kappa shape index (κ3) is 3.76. The molecule has 4 rings (SSSR count). The Hall–Kier alpha value is -1.76. The van der Waals surface area contributed by atoms with Crippen LogP contribution in [-0.2, 0) is 11.2 Å². The molecule has 2 aromatic rings. The molecule has 1 aromatic heterocycles. The molecule has 2 fully saturated rings. The van der Waals surface area contributed by atoms with E-state index in [0.29, 0.717) is 18.2 Å². The lowest BCUT2D eigenvalue weighted by Crippen LogP contribution is -2.46. The molecule has 0 N–H and O–H groups in total. The predicted octanol–water partition coefficient (Wildman–Crippen LogP) is 2.14. The van der Waals surface area contributed by atoms with Crippen molar-refractivity contribution in [1.29, 1.82) is 0 Å². The largest absolute Gasteiger partial charge is 0.379 e. The van der Waals surface area contributed by atoms with Crippen LogP contribution in [0.2, 0.25) is 0 Å². The maximum atomic E-state index is 13.1. The molecule has 6 heteroatoms. The van der Waals surface area contributed by atoms with E-state index in [2.05, 4.69) is 29.1 Å². The number of likely N-dealkylation sites (N-methyl/N-ethyl adjacent to an activating group) is 1. The maximum Gasteiger partial charge on any atom is 0.273 e. The fraction of sp³-hybridized carbons (Fsp3) is 0.474. The first-order valence-electron chi connectivity index (χ1n) is 8.74. The highest BCUT2D eigenvalue weighted by Gasteiger charge is 2.35. The molecule has 3 heterocycles. The third-order valence-electron chi connectivity index (χ3n) is 4.88. The van der Waals surface area contributed by atoms with Gasteiger partial charge in [0.05, 0.1) is 24.3 Å². The van der Waals surface area contributed by atoms with Crippen molar-refractivity contribution >= 4 is 17.2 Å². The zero-order chi connectivity index (χ0) is 17.2. The summed E-state index contributed by atoms with van der Waals surface area (Å²) in [6.45, 7) is 3.97. The highest BCUT2D eigenvalue weighted by Crippen LogP contribution is 2.22. The van der Waals surface area contributed by atoms with Gasteiger partial charge in [0.1, 0.15) is 5.69 Å². The number of carbonyl (C=O) groups is 1. The number of hydrogen-bond donors (Lipinski definition) is 0. The highest BCUT2D eigenvalue weighted by molar-refractivity contribution is 7.09. The fourth-order valence-corrected chi connectivity index (χ4v) is 4.54. The normalized spacial score (nSPS) is 24.1. The molecule has 1 aromatic carbocycles. The van der Waals surface area contributed by atoms with E-state index >= 15 is 0 Å². The first-order chi connectivity index (χ1) is 12.2. The Morgan fingerprint density at radius 3 is 2.92 bits per heavy atom. The zero-order valence-electron chi connectivity index (χ0n) is 14.4. The number of benzene rings is 1. The van der Waals surface area contributed by atoms with Gasteiger partial charge < -0.3 is 14.5 Å². The standard InChI is InChI=1S/C19H23N3O2S/c1-21-8-15-9-22(16(10-21)12-24-11-15)19(23)17-13-25-18(20-17)7-14-5-3-2-4-6-14/h2-6,13,15-16H,7-12H2,1H3/t15-,16-/m0/s1. The van der Waals surface area contributed by atoms with Crippen molar-refractivity contribution in [3.8, 4) is 0 Å². The van der Waals surface area contributed by atoms with Crippen LogP contribution in [0.15, 0.2) is 35.7 Å². The molecule has 0 unspecified atom stereocenters. The maximum absolute atomic E-state index is 13.1. The van der Waals surface area contributed by atoms with E-state index in [-0.39, 0.29) is 11.9 Å². The van der Waals surface area contributed by atoms with Gasteiger partial charge in [0.25, 0.3) is 5.91 Å². The van der Waals surface area contributed by atoms with Gasteiger partial charge in [-0.25, -0.2) is 4.98 Å². The third-order valence-corrected chi connectivity index (χ3v) is 5.73. The zero-order valence-corrected chi connectivity index (χ0v) is 15.2. The van der Waals surface area contributed by atoms with Crippen molar-refractivity contribution < 1.29 is 9.53 Å². The van der Waals surface area contributed by atoms with Gasteiger partial charge in [-0.05, 0) is 12.6 Å². The summed E-state index contributed by atoms with van der Waals surface area (Å²) in [7, 11) is 2.13. The molecule has 0 saturated carbocycles. The minimum Gasteiger partial charge on any atom is -0.379 e. The second-order valence-electron chi connectivity index (χ2n) is 7.02. The van der Waals surface area contributed by atoms with Crippen LogP contribution in [0.25, 0.3) is 0 Å². The molecule has 2 saturated heterocycles. The van der Waals surface area contributed by atoms with Gasteiger partial charge in [0, 0.05) is 37.4 Å². The molecule has 2 aliphatic rings. The topological polar surface area (TPSA) is 45.7 Å². The van der Waals surface area contributed by atoms with Crippen LogP contribution in [0.4, 0.5) is 0 Å². The summed E-state index contributed by atoms with van der Waals surface area (Å²) in [6, 6.07) is 10.4. The number of aromatic nitrogens is 1. The Kier molecular flexibility index (Phi) is 4.83. The van der Waals surface area contributed by atoms with Crippen LogP contribution in [0.3, 0.4) is 0 Å². The van der Waals surface area contributed by atoms with Crippen LogP contribution < -0.4 is 0 Å². The first kappa shape index (κ1) is 16.7. The number of nitrogens with zero attached hydrogens (tertiary/aromatic N) is 3. The van der Waals surface area contributed by atoms with E-state index in [1.54, 1.807) is 11.3 Å². The molecule has 0 radical (unpaired) electrons. The quantitative estimate of drug-likeness (QED) is 0.844. The summed E-state index contributed by atoms with van der Waals surface area (Å²) in [4.78, 5) is 22.0. The second-order valence-corrected chi connectivity index (χ2v) is 7.97. The number of hydrogen-bond acceptors (Lipinski definition) is 5. The number of ether oxygens (including phenoxy) is 1. The molecular weight excluding hydrogens is 334 g/mol. The fourth-order valence-electron chi connectivity index (χ4n) is 3.73. The van der Waals surface area contributed by atoms with Crippen LogP contribution in [0, 0.1) is 5.92 Å². The Morgan fingerprint density at radius 1 is 1.24 bits per heavy atom. The smallest absolute Gasteiger partial charge is 0.273 e. The molecule has 132 valence electrons. The van der Waals surface area contributed by atoms with Gasteiger partial charge in [-0.2, -0.15) is 0 Å². The molecule has 0 spiro atoms. The van der Waals surface area contributed by atoms with E-state index < -0.39 is 0 Å². The predicted molar refractivity (Wildman–Crippen MR) is 98.0 cm³/mol. The van der Waals surface area contributed by atoms with Crippen molar-refractivity contribution in [1.82, 2.24) is 14.8 Å². The van der Waals surface area contributed by atoms with E-state index in [1.165, 1.54) is 5.56 Å². The van der Waals surface area contributed by atoms with Crippen molar-refractivity contribution in [3.63, 3.8) is 0 Å². The van der Waals surface area contributed by atoms with Crippen LogP contribution in [0.1, 0.15) is 21.1 Å². The minimum absolute atomic E-state index is 0.0476. The van der Waals surface area contributed by atoms with Crippen molar-refractivity contribution in [2.75, 3.05) is 39.9 Å². The summed E-state index contributed by atoms with van der Waals surface area (Å²) in [6.07, 6.45) is 0.774. The molecule has 2 atom stereocenters. The Morgan fingerprint density at radius 2 is 2.08 bits per heavy atom. The minimum atomic E-state index is 0.0476. The molecular formula is C19H23N3O2S. The van der Waals surface area contributed by atoms with Crippen molar-refractivity contribution in [2.24, 2.45) is 5.92 Å². The van der Waals surface area contributed by atoms with Gasteiger partial charge in [0.15, 0.2) is 0 Å². The molecule has 2 bridgehead atoms. The van der Waals surface area contributed by atoms with Crippen LogP contribution in [-0.4, -0.2) is 66.6 Å². The summed E-state index contributed by atoms with van der Waals surface area (Å²) >= 11 is 1.57. The second kappa shape index (κ2) is 7.23. The average molecular weight is 357 g/mol. The number of fused-ring (bicyclic) bond motifs is 3. The number of carbonyl (C=O) groups excluding carboxylic acids is 1. The lowest BCUT2D eigenvalue weighted by Gasteiger charge is -2.29. The van der Waals surface area contributed by atoms with Gasteiger partial charge in [-0.15, -0.1) is 11.3 Å². The van der Waals surface area contributed by atoms with Gasteiger partial charge in [0.2, 0.25) is 0 Å². The number of amides is 1. The Labute approximate surface area is 152 Å². The van der Waals surface area contributed by atoms with Crippen LogP contribution in [0.5, 0.6) is 0 Å². The van der Waals surface area contributed by atoms with Crippen molar-refractivity contribution in [2.45, 2.75) is 12.5 Å². The Balaban J connectivity index is 1.51. The first-order valence-corrected chi connectivity index (χ1v) is 9.62. The monoisotopic (exact) mass is 357 g/mol. The van der Waals surface area contributed by atoms with Crippen molar-refractivity contribution in [3.05, 3.63) is 52.0 Å². The summed E-state index contributed by atoms with van der Waals surface area (Å²) in [5, 5.41) is 2.89. The average Bonchev–Trinajstić information content (AvgIpc) is 2.89. The summed E-state index contributed by atoms with van der Waals surface area (Å²) < 4.78 is 5.77. The lowest BCUT2D eigenvalue weighted by atomic mass is 10.1. The number of rotatable bonds is 3. The summed E-state index contributed by atoms with van der Waals surface area (Å²) in [5.41, 5.74) is 1.79. The SMILES string of the molecule is CN1C[C@@H]2COC[C@H](C1)N(C(=O)c1csc(Cc3ccccc3)n1)C2.